The zero-order valence-corrected chi connectivity index (χ0v) is 9.29. The van der Waals surface area contributed by atoms with E-state index in [2.05, 4.69) is 0 Å². The van der Waals surface area contributed by atoms with E-state index in [9.17, 15) is 4.79 Å². The van der Waals surface area contributed by atoms with Crippen LogP contribution in [0.3, 0.4) is 0 Å². The van der Waals surface area contributed by atoms with Crippen molar-refractivity contribution in [3.8, 4) is 0 Å². The van der Waals surface area contributed by atoms with Crippen LogP contribution in [-0.2, 0) is 4.79 Å². The van der Waals surface area contributed by atoms with Gasteiger partial charge in [-0.2, -0.15) is 0 Å². The molecule has 0 radical (unpaired) electrons. The Morgan fingerprint density at radius 1 is 1.20 bits per heavy atom. The molecule has 1 aromatic carbocycles. The Bertz CT molecular complexity index is 408. The summed E-state index contributed by atoms with van der Waals surface area (Å²) in [5, 5.41) is 0.717. The molecule has 0 aromatic heterocycles. The molecule has 0 saturated carbocycles. The predicted molar refractivity (Wildman–Crippen MR) is 62.4 cm³/mol. The topological polar surface area (TPSA) is 20.3 Å². The molecule has 0 unspecified atom stereocenters. The van der Waals surface area contributed by atoms with Crippen molar-refractivity contribution in [2.75, 3.05) is 18.0 Å². The van der Waals surface area contributed by atoms with Gasteiger partial charge in [-0.25, -0.2) is 0 Å². The lowest BCUT2D eigenvalue weighted by molar-refractivity contribution is -0.113. The highest BCUT2D eigenvalue weighted by atomic mass is 35.5. The van der Waals surface area contributed by atoms with Gasteiger partial charge in [-0.15, -0.1) is 0 Å². The average Bonchev–Trinajstić information content (AvgIpc) is 2.17. The summed E-state index contributed by atoms with van der Waals surface area (Å²) in [6.45, 7) is 3.24. The van der Waals surface area contributed by atoms with Crippen LogP contribution in [0.25, 0.3) is 0 Å². The van der Waals surface area contributed by atoms with Gasteiger partial charge >= 0.3 is 0 Å². The quantitative estimate of drug-likeness (QED) is 0.727. The third-order valence-corrected chi connectivity index (χ3v) is 2.64. The van der Waals surface area contributed by atoms with Gasteiger partial charge in [-0.05, 0) is 37.3 Å². The molecule has 3 heteroatoms. The van der Waals surface area contributed by atoms with Crippen molar-refractivity contribution in [1.82, 2.24) is 0 Å². The summed E-state index contributed by atoms with van der Waals surface area (Å²) in [7, 11) is 0. The predicted octanol–water partition coefficient (Wildman–Crippen LogP) is 2.68. The molecule has 1 aliphatic rings. The van der Waals surface area contributed by atoms with E-state index in [0.29, 0.717) is 11.6 Å². The number of hydrogen-bond acceptors (Lipinski definition) is 2. The molecule has 1 heterocycles. The fourth-order valence-corrected chi connectivity index (χ4v) is 1.87. The Labute approximate surface area is 94.2 Å². The van der Waals surface area contributed by atoms with Crippen LogP contribution in [0.4, 0.5) is 5.69 Å². The molecular formula is C12H12ClNO. The van der Waals surface area contributed by atoms with Crippen molar-refractivity contribution in [3.05, 3.63) is 40.9 Å². The number of anilines is 1. The fraction of sp³-hybridized carbons (Fsp3) is 0.250. The molecule has 0 spiro atoms. The number of nitrogens with zero attached hydrogens (tertiary/aromatic N) is 1. The summed E-state index contributed by atoms with van der Waals surface area (Å²) in [5.74, 6) is 0.161. The summed E-state index contributed by atoms with van der Waals surface area (Å²) < 4.78 is 0. The van der Waals surface area contributed by atoms with Crippen molar-refractivity contribution in [3.63, 3.8) is 0 Å². The Kier molecular flexibility index (Phi) is 2.78. The van der Waals surface area contributed by atoms with Crippen molar-refractivity contribution in [2.45, 2.75) is 6.92 Å². The maximum atomic E-state index is 11.4. The van der Waals surface area contributed by atoms with Gasteiger partial charge in [0.25, 0.3) is 0 Å². The molecule has 2 rings (SSSR count). The Morgan fingerprint density at radius 3 is 2.47 bits per heavy atom. The van der Waals surface area contributed by atoms with Gasteiger partial charge in [0.15, 0.2) is 5.78 Å². The van der Waals surface area contributed by atoms with Crippen molar-refractivity contribution >= 4 is 23.1 Å². The highest BCUT2D eigenvalue weighted by molar-refractivity contribution is 6.30. The minimum Gasteiger partial charge on any atom is -0.360 e. The minimum atomic E-state index is 0.161. The molecule has 0 atom stereocenters. The van der Waals surface area contributed by atoms with Gasteiger partial charge in [-0.3, -0.25) is 4.79 Å². The van der Waals surface area contributed by atoms with Crippen molar-refractivity contribution < 1.29 is 4.79 Å². The zero-order valence-electron chi connectivity index (χ0n) is 8.53. The van der Waals surface area contributed by atoms with Gasteiger partial charge in [0.1, 0.15) is 0 Å². The molecule has 0 amide bonds. The van der Waals surface area contributed by atoms with Crippen LogP contribution < -0.4 is 4.90 Å². The molecule has 2 nitrogen and oxygen atoms in total. The number of carbonyl (C=O) groups is 1. The SMILES string of the molecule is CC1=CC(=O)CN(c2ccc(Cl)cc2)C1. The summed E-state index contributed by atoms with van der Waals surface area (Å²) in [5.41, 5.74) is 2.14. The summed E-state index contributed by atoms with van der Waals surface area (Å²) in [4.78, 5) is 13.4. The van der Waals surface area contributed by atoms with Gasteiger partial charge in [0.2, 0.25) is 0 Å². The number of ketones is 1. The molecule has 1 aromatic rings. The van der Waals surface area contributed by atoms with Crippen LogP contribution in [0.2, 0.25) is 5.02 Å². The van der Waals surface area contributed by atoms with Gasteiger partial charge in [0.05, 0.1) is 6.54 Å². The Morgan fingerprint density at radius 2 is 1.87 bits per heavy atom. The first-order chi connectivity index (χ1) is 7.15. The smallest absolute Gasteiger partial charge is 0.174 e. The normalized spacial score (nSPS) is 16.5. The number of hydrogen-bond donors (Lipinski definition) is 0. The van der Waals surface area contributed by atoms with E-state index in [0.717, 1.165) is 17.8 Å². The monoisotopic (exact) mass is 221 g/mol. The van der Waals surface area contributed by atoms with Gasteiger partial charge < -0.3 is 4.90 Å². The standard InChI is InChI=1S/C12H12ClNO/c1-9-6-12(15)8-14(7-9)11-4-2-10(13)3-5-11/h2-6H,7-8H2,1H3. The van der Waals surface area contributed by atoms with Crippen LogP contribution >= 0.6 is 11.6 Å². The molecule has 1 aliphatic heterocycles. The van der Waals surface area contributed by atoms with Crippen molar-refractivity contribution in [1.29, 1.82) is 0 Å². The second-order valence-corrected chi connectivity index (χ2v) is 4.23. The van der Waals surface area contributed by atoms with E-state index in [1.165, 1.54) is 0 Å². The summed E-state index contributed by atoms with van der Waals surface area (Å²) in [6, 6.07) is 7.56. The van der Waals surface area contributed by atoms with Crippen LogP contribution in [0.1, 0.15) is 6.92 Å². The van der Waals surface area contributed by atoms with E-state index >= 15 is 0 Å². The lowest BCUT2D eigenvalue weighted by Crippen LogP contribution is -2.34. The third-order valence-electron chi connectivity index (χ3n) is 2.39. The zero-order chi connectivity index (χ0) is 10.8. The molecular weight excluding hydrogens is 210 g/mol. The van der Waals surface area contributed by atoms with Crippen LogP contribution in [0, 0.1) is 0 Å². The average molecular weight is 222 g/mol. The third kappa shape index (κ3) is 2.39. The van der Waals surface area contributed by atoms with E-state index in [1.807, 2.05) is 36.1 Å². The molecule has 15 heavy (non-hydrogen) atoms. The van der Waals surface area contributed by atoms with E-state index in [-0.39, 0.29) is 5.78 Å². The molecule has 78 valence electrons. The first-order valence-electron chi connectivity index (χ1n) is 4.85. The molecule has 0 bridgehead atoms. The van der Waals surface area contributed by atoms with Gasteiger partial charge in [0, 0.05) is 17.3 Å². The highest BCUT2D eigenvalue weighted by Gasteiger charge is 2.15. The summed E-state index contributed by atoms with van der Waals surface area (Å²) >= 11 is 5.81. The lowest BCUT2D eigenvalue weighted by Gasteiger charge is -2.27. The molecule has 0 N–H and O–H groups in total. The second-order valence-electron chi connectivity index (χ2n) is 3.79. The maximum absolute atomic E-state index is 11.4. The molecule has 0 fully saturated rings. The van der Waals surface area contributed by atoms with Crippen LogP contribution in [0.15, 0.2) is 35.9 Å². The fourth-order valence-electron chi connectivity index (χ4n) is 1.75. The van der Waals surface area contributed by atoms with E-state index in [4.69, 9.17) is 11.6 Å². The van der Waals surface area contributed by atoms with Crippen LogP contribution in [-0.4, -0.2) is 18.9 Å². The van der Waals surface area contributed by atoms with Crippen LogP contribution in [0.5, 0.6) is 0 Å². The summed E-state index contributed by atoms with van der Waals surface area (Å²) in [6.07, 6.45) is 1.71. The highest BCUT2D eigenvalue weighted by Crippen LogP contribution is 2.20. The Balaban J connectivity index is 2.22. The number of carbonyl (C=O) groups excluding carboxylic acids is 1. The lowest BCUT2D eigenvalue weighted by atomic mass is 10.1. The minimum absolute atomic E-state index is 0.161. The largest absolute Gasteiger partial charge is 0.360 e. The number of benzene rings is 1. The first-order valence-corrected chi connectivity index (χ1v) is 5.23. The Hall–Kier alpha value is -1.28. The number of halogens is 1. The van der Waals surface area contributed by atoms with Gasteiger partial charge in [-0.1, -0.05) is 17.2 Å². The maximum Gasteiger partial charge on any atom is 0.174 e. The molecule has 0 saturated heterocycles. The van der Waals surface area contributed by atoms with E-state index < -0.39 is 0 Å². The van der Waals surface area contributed by atoms with Crippen molar-refractivity contribution in [2.24, 2.45) is 0 Å². The first kappa shape index (κ1) is 10.2. The molecule has 0 aliphatic carbocycles. The number of rotatable bonds is 1. The van der Waals surface area contributed by atoms with E-state index in [1.54, 1.807) is 6.08 Å². The second kappa shape index (κ2) is 4.07.